The third kappa shape index (κ3) is 6.95. The van der Waals surface area contributed by atoms with Gasteiger partial charge < -0.3 is 0 Å². The predicted molar refractivity (Wildman–Crippen MR) is 89.0 cm³/mol. The number of hydrogen-bond donors (Lipinski definition) is 1. The molecular formula is C15H31BrOSn. The number of hydrogen-bond acceptors (Lipinski definition) is 1. The van der Waals surface area contributed by atoms with E-state index in [0.717, 1.165) is 0 Å². The van der Waals surface area contributed by atoms with Gasteiger partial charge in [0.25, 0.3) is 0 Å². The van der Waals surface area contributed by atoms with Crippen LogP contribution in [0.5, 0.6) is 0 Å². The van der Waals surface area contributed by atoms with E-state index in [1.165, 1.54) is 54.3 Å². The number of aliphatic hydroxyl groups excluding tert-OH is 1. The van der Waals surface area contributed by atoms with E-state index in [9.17, 15) is 5.11 Å². The van der Waals surface area contributed by atoms with Crippen LogP contribution in [-0.4, -0.2) is 30.1 Å². The average molecular weight is 426 g/mol. The van der Waals surface area contributed by atoms with Gasteiger partial charge in [0.1, 0.15) is 0 Å². The molecule has 0 aromatic heterocycles. The molecule has 18 heavy (non-hydrogen) atoms. The van der Waals surface area contributed by atoms with Gasteiger partial charge in [0, 0.05) is 0 Å². The minimum atomic E-state index is -2.21. The molecule has 0 amide bonds. The standard InChI is InChI=1S/3C4H9.C3H4BrO.Sn/c3*1-3-4-2;4-2-1-3-5;/h3*1,3-4H2,2H3;1,5H,3H2;. The molecule has 0 aliphatic heterocycles. The second kappa shape index (κ2) is 11.8. The van der Waals surface area contributed by atoms with Crippen molar-refractivity contribution in [1.82, 2.24) is 0 Å². The minimum absolute atomic E-state index is 0.198. The summed E-state index contributed by atoms with van der Waals surface area (Å²) in [5.74, 6) is 0. The zero-order valence-electron chi connectivity index (χ0n) is 12.5. The number of rotatable bonds is 11. The molecule has 0 bridgehead atoms. The molecule has 0 fully saturated rings. The van der Waals surface area contributed by atoms with Crippen LogP contribution in [0, 0.1) is 0 Å². The maximum absolute atomic E-state index is 9.20. The van der Waals surface area contributed by atoms with E-state index in [1.54, 1.807) is 0 Å². The topological polar surface area (TPSA) is 20.2 Å². The van der Waals surface area contributed by atoms with Crippen LogP contribution in [0.1, 0.15) is 59.3 Å². The molecule has 0 heterocycles. The first kappa shape index (κ1) is 19.0. The Morgan fingerprint density at radius 3 is 1.61 bits per heavy atom. The molecule has 0 rings (SSSR count). The van der Waals surface area contributed by atoms with Gasteiger partial charge in [-0.3, -0.25) is 0 Å². The Labute approximate surface area is 126 Å². The van der Waals surface area contributed by atoms with Crippen molar-refractivity contribution >= 4 is 34.3 Å². The van der Waals surface area contributed by atoms with Crippen LogP contribution < -0.4 is 0 Å². The van der Waals surface area contributed by atoms with Crippen LogP contribution in [0.2, 0.25) is 13.3 Å². The fraction of sp³-hybridized carbons (Fsp3) is 0.867. The van der Waals surface area contributed by atoms with Crippen molar-refractivity contribution in [3.05, 3.63) is 8.57 Å². The van der Waals surface area contributed by atoms with Crippen LogP contribution >= 0.6 is 15.9 Å². The second-order valence-corrected chi connectivity index (χ2v) is 21.4. The summed E-state index contributed by atoms with van der Waals surface area (Å²) >= 11 is 1.64. The summed E-state index contributed by atoms with van der Waals surface area (Å²) in [7, 11) is 0. The molecule has 0 spiro atoms. The van der Waals surface area contributed by atoms with Crippen LogP contribution in [-0.2, 0) is 0 Å². The molecule has 3 heteroatoms. The van der Waals surface area contributed by atoms with E-state index in [-0.39, 0.29) is 6.61 Å². The van der Waals surface area contributed by atoms with Gasteiger partial charge in [-0.2, -0.15) is 0 Å². The molecule has 0 saturated carbocycles. The average Bonchev–Trinajstić information content (AvgIpc) is 2.38. The van der Waals surface area contributed by atoms with Gasteiger partial charge in [-0.25, -0.2) is 0 Å². The first-order chi connectivity index (χ1) is 8.66. The van der Waals surface area contributed by atoms with Crippen LogP contribution in [0.3, 0.4) is 0 Å². The van der Waals surface area contributed by atoms with Crippen LogP contribution in [0.4, 0.5) is 0 Å². The maximum atomic E-state index is 9.20. The third-order valence-electron chi connectivity index (χ3n) is 3.80. The van der Waals surface area contributed by atoms with Gasteiger partial charge >= 0.3 is 127 Å². The summed E-state index contributed by atoms with van der Waals surface area (Å²) in [4.78, 5) is 0. The van der Waals surface area contributed by atoms with Crippen molar-refractivity contribution in [3.8, 4) is 0 Å². The van der Waals surface area contributed by atoms with Crippen molar-refractivity contribution < 1.29 is 5.11 Å². The Hall–Kier alpha value is 0.979. The van der Waals surface area contributed by atoms with Crippen LogP contribution in [0.15, 0.2) is 8.57 Å². The third-order valence-corrected chi connectivity index (χ3v) is 24.5. The molecule has 0 atom stereocenters. The summed E-state index contributed by atoms with van der Waals surface area (Å²) < 4.78 is 5.84. The Bertz CT molecular complexity index is 207. The summed E-state index contributed by atoms with van der Waals surface area (Å²) in [6.45, 7) is 7.07. The molecular weight excluding hydrogens is 395 g/mol. The summed E-state index contributed by atoms with van der Waals surface area (Å²) in [5.41, 5.74) is 0. The Morgan fingerprint density at radius 2 is 1.33 bits per heavy atom. The van der Waals surface area contributed by atoms with Gasteiger partial charge in [0.05, 0.1) is 0 Å². The quantitative estimate of drug-likeness (QED) is 0.424. The van der Waals surface area contributed by atoms with Gasteiger partial charge in [-0.1, -0.05) is 0 Å². The van der Waals surface area contributed by atoms with Crippen molar-refractivity contribution in [1.29, 1.82) is 0 Å². The number of unbranched alkanes of at least 4 members (excludes halogenated alkanes) is 3. The SMILES string of the molecule is CCC[CH2][Sn]([CH2]CCC)([CH2]CCC)/[C](Br)=C/CO. The van der Waals surface area contributed by atoms with Crippen molar-refractivity contribution in [2.45, 2.75) is 72.6 Å². The molecule has 108 valence electrons. The van der Waals surface area contributed by atoms with Gasteiger partial charge in [-0.05, 0) is 0 Å². The Kier molecular flexibility index (Phi) is 12.4. The summed E-state index contributed by atoms with van der Waals surface area (Å²) in [5, 5.41) is 9.20. The van der Waals surface area contributed by atoms with Gasteiger partial charge in [0.15, 0.2) is 0 Å². The van der Waals surface area contributed by atoms with Gasteiger partial charge in [0.2, 0.25) is 0 Å². The Morgan fingerprint density at radius 1 is 0.944 bits per heavy atom. The van der Waals surface area contributed by atoms with E-state index >= 15 is 0 Å². The zero-order chi connectivity index (χ0) is 13.9. The molecule has 0 aromatic carbocycles. The first-order valence-electron chi connectivity index (χ1n) is 7.63. The molecule has 0 aromatic rings. The zero-order valence-corrected chi connectivity index (χ0v) is 16.9. The molecule has 0 saturated heterocycles. The summed E-state index contributed by atoms with van der Waals surface area (Å²) in [6, 6.07) is 0. The fourth-order valence-corrected chi connectivity index (χ4v) is 21.2. The van der Waals surface area contributed by atoms with E-state index in [1.807, 2.05) is 0 Å². The second-order valence-electron chi connectivity index (χ2n) is 5.33. The van der Waals surface area contributed by atoms with Crippen molar-refractivity contribution in [2.24, 2.45) is 0 Å². The number of aliphatic hydroxyl groups is 1. The first-order valence-corrected chi connectivity index (χ1v) is 15.9. The molecule has 1 N–H and O–H groups in total. The van der Waals surface area contributed by atoms with E-state index in [4.69, 9.17) is 0 Å². The monoisotopic (exact) mass is 426 g/mol. The number of halogens is 1. The van der Waals surface area contributed by atoms with E-state index < -0.39 is 18.4 Å². The van der Waals surface area contributed by atoms with Crippen molar-refractivity contribution in [2.75, 3.05) is 6.61 Å². The molecule has 1 nitrogen and oxygen atoms in total. The van der Waals surface area contributed by atoms with Crippen molar-refractivity contribution in [3.63, 3.8) is 0 Å². The van der Waals surface area contributed by atoms with Gasteiger partial charge in [-0.15, -0.1) is 0 Å². The molecule has 0 unspecified atom stereocenters. The fourth-order valence-electron chi connectivity index (χ4n) is 2.58. The summed E-state index contributed by atoms with van der Waals surface area (Å²) in [6.07, 6.45) is 10.1. The predicted octanol–water partition coefficient (Wildman–Crippen LogP) is 5.65. The van der Waals surface area contributed by atoms with E-state index in [0.29, 0.717) is 0 Å². The van der Waals surface area contributed by atoms with Crippen LogP contribution in [0.25, 0.3) is 0 Å². The Balaban J connectivity index is 4.90. The normalized spacial score (nSPS) is 13.1. The molecule has 0 aliphatic carbocycles. The van der Waals surface area contributed by atoms with E-state index in [2.05, 4.69) is 42.8 Å². The molecule has 0 aliphatic rings. The molecule has 0 radical (unpaired) electrons.